The lowest BCUT2D eigenvalue weighted by molar-refractivity contribution is -0.0531. The van der Waals surface area contributed by atoms with Crippen LogP contribution in [-0.4, -0.2) is 32.7 Å². The Morgan fingerprint density at radius 3 is 2.32 bits per heavy atom. The Hall–Kier alpha value is -1.12. The summed E-state index contributed by atoms with van der Waals surface area (Å²) < 4.78 is 27.6. The summed E-state index contributed by atoms with van der Waals surface area (Å²) in [6, 6.07) is -0.974. The molecule has 0 aliphatic carbocycles. The average Bonchev–Trinajstić information content (AvgIpc) is 2.32. The van der Waals surface area contributed by atoms with E-state index in [-0.39, 0.29) is 12.5 Å². The van der Waals surface area contributed by atoms with Crippen molar-refractivity contribution in [1.82, 2.24) is 10.8 Å². The van der Waals surface area contributed by atoms with E-state index < -0.39 is 27.8 Å². The fraction of sp³-hybridized carbons (Fsp3) is 0.786. The fourth-order valence-electron chi connectivity index (χ4n) is 1.49. The Balaban J connectivity index is 4.71. The van der Waals surface area contributed by atoms with Crippen molar-refractivity contribution in [2.24, 2.45) is 5.92 Å². The van der Waals surface area contributed by atoms with Crippen LogP contribution in [0.3, 0.4) is 0 Å². The Morgan fingerprint density at radius 2 is 1.86 bits per heavy atom. The molecule has 0 aromatic carbocycles. The van der Waals surface area contributed by atoms with Crippen LogP contribution in [0.15, 0.2) is 11.5 Å². The summed E-state index contributed by atoms with van der Waals surface area (Å²) in [6.07, 6.45) is 1.99. The van der Waals surface area contributed by atoms with Gasteiger partial charge in [-0.1, -0.05) is 13.8 Å². The lowest BCUT2D eigenvalue weighted by atomic mass is 10.0. The number of carbonyl (C=O) groups is 1. The number of urea groups is 1. The minimum absolute atomic E-state index is 0.0643. The average molecular weight is 336 g/mol. The van der Waals surface area contributed by atoms with Gasteiger partial charge in [-0.3, -0.25) is 9.02 Å². The van der Waals surface area contributed by atoms with Crippen LogP contribution in [0.5, 0.6) is 0 Å². The van der Waals surface area contributed by atoms with Crippen LogP contribution in [-0.2, 0) is 19.1 Å². The topological polar surface area (TPSA) is 93.7 Å². The highest BCUT2D eigenvalue weighted by Gasteiger charge is 2.16. The molecule has 0 radical (unpaired) electrons. The second-order valence-corrected chi connectivity index (χ2v) is 7.75. The smallest absolute Gasteiger partial charge is 0.330 e. The third-order valence-corrected chi connectivity index (χ3v) is 3.31. The van der Waals surface area contributed by atoms with Gasteiger partial charge in [-0.25, -0.2) is 10.3 Å². The molecule has 0 fully saturated rings. The van der Waals surface area contributed by atoms with Gasteiger partial charge in [0, 0.05) is 0 Å². The number of hydroxylamine groups is 1. The van der Waals surface area contributed by atoms with Crippen molar-refractivity contribution in [2.75, 3.05) is 6.61 Å². The van der Waals surface area contributed by atoms with E-state index >= 15 is 0 Å². The van der Waals surface area contributed by atoms with Crippen LogP contribution >= 0.6 is 0 Å². The summed E-state index contributed by atoms with van der Waals surface area (Å²) in [6.45, 7) is 11.0. The van der Waals surface area contributed by atoms with Gasteiger partial charge in [0.25, 0.3) is 10.1 Å². The molecule has 0 heterocycles. The van der Waals surface area contributed by atoms with Gasteiger partial charge in [0.1, 0.15) is 0 Å². The summed E-state index contributed by atoms with van der Waals surface area (Å²) in [4.78, 5) is 16.9. The van der Waals surface area contributed by atoms with E-state index in [2.05, 4.69) is 15.0 Å². The Kier molecular flexibility index (Phi) is 8.65. The molecular weight excluding hydrogens is 308 g/mol. The third kappa shape index (κ3) is 11.5. The summed E-state index contributed by atoms with van der Waals surface area (Å²) in [7, 11) is -3.72. The molecule has 2 N–H and O–H groups in total. The van der Waals surface area contributed by atoms with Gasteiger partial charge >= 0.3 is 6.03 Å². The molecule has 0 saturated carbocycles. The van der Waals surface area contributed by atoms with E-state index in [9.17, 15) is 13.2 Å². The SMILES string of the molecule is CCOS(=O)(=O)C=CC(CC(C)C)NC(=O)NOC(C)(C)C. The molecular formula is C14H28N2O5S. The molecule has 0 aliphatic heterocycles. The molecule has 0 spiro atoms. The molecule has 0 bridgehead atoms. The zero-order chi connectivity index (χ0) is 17.4. The zero-order valence-electron chi connectivity index (χ0n) is 14.2. The number of carbonyl (C=O) groups excluding carboxylic acids is 1. The van der Waals surface area contributed by atoms with Crippen LogP contribution in [0.25, 0.3) is 0 Å². The van der Waals surface area contributed by atoms with Gasteiger partial charge in [-0.15, -0.1) is 0 Å². The molecule has 0 aromatic heterocycles. The highest BCUT2D eigenvalue weighted by atomic mass is 32.2. The third-order valence-electron chi connectivity index (χ3n) is 2.25. The Bertz CT molecular complexity index is 466. The van der Waals surface area contributed by atoms with E-state index in [1.165, 1.54) is 6.08 Å². The first-order valence-electron chi connectivity index (χ1n) is 7.27. The summed E-state index contributed by atoms with van der Waals surface area (Å²) in [5, 5.41) is 3.62. The monoisotopic (exact) mass is 336 g/mol. The normalized spacial score (nSPS) is 14.3. The van der Waals surface area contributed by atoms with Crippen LogP contribution in [0, 0.1) is 5.92 Å². The molecule has 8 heteroatoms. The predicted octanol–water partition coefficient (Wildman–Crippen LogP) is 2.31. The summed E-state index contributed by atoms with van der Waals surface area (Å²) >= 11 is 0. The maximum atomic E-state index is 11.8. The highest BCUT2D eigenvalue weighted by molar-refractivity contribution is 7.89. The molecule has 1 unspecified atom stereocenters. The van der Waals surface area contributed by atoms with Crippen LogP contribution in [0.4, 0.5) is 4.79 Å². The Morgan fingerprint density at radius 1 is 1.27 bits per heavy atom. The molecule has 1 atom stereocenters. The Labute approximate surface area is 133 Å². The van der Waals surface area contributed by atoms with E-state index in [0.717, 1.165) is 5.41 Å². The van der Waals surface area contributed by atoms with Crippen LogP contribution < -0.4 is 10.8 Å². The van der Waals surface area contributed by atoms with Crippen molar-refractivity contribution in [3.63, 3.8) is 0 Å². The van der Waals surface area contributed by atoms with Crippen molar-refractivity contribution in [3.8, 4) is 0 Å². The second-order valence-electron chi connectivity index (χ2n) is 6.25. The number of hydrogen-bond donors (Lipinski definition) is 2. The first-order chi connectivity index (χ1) is 9.95. The van der Waals surface area contributed by atoms with Gasteiger partial charge in [-0.2, -0.15) is 8.42 Å². The number of amides is 2. The van der Waals surface area contributed by atoms with Crippen LogP contribution in [0.1, 0.15) is 48.0 Å². The molecule has 2 amide bonds. The van der Waals surface area contributed by atoms with Gasteiger partial charge in [-0.05, 0) is 46.1 Å². The minimum atomic E-state index is -3.72. The minimum Gasteiger partial charge on any atom is -0.330 e. The van der Waals surface area contributed by atoms with E-state index in [4.69, 9.17) is 4.84 Å². The van der Waals surface area contributed by atoms with Gasteiger partial charge in [0.05, 0.1) is 23.7 Å². The number of nitrogens with one attached hydrogen (secondary N) is 2. The van der Waals surface area contributed by atoms with E-state index in [0.29, 0.717) is 6.42 Å². The lowest BCUT2D eigenvalue weighted by Crippen LogP contribution is -2.44. The molecule has 22 heavy (non-hydrogen) atoms. The van der Waals surface area contributed by atoms with Gasteiger partial charge in [0.15, 0.2) is 0 Å². The standard InChI is InChI=1S/C14H28N2O5S/c1-7-20-22(18,19)9-8-12(10-11(2)3)15-13(17)16-21-14(4,5)6/h8-9,11-12H,7,10H2,1-6H3,(H2,15,16,17). The summed E-state index contributed by atoms with van der Waals surface area (Å²) in [5.74, 6) is 0.272. The second kappa shape index (κ2) is 9.12. The van der Waals surface area contributed by atoms with Crippen molar-refractivity contribution >= 4 is 16.1 Å². The predicted molar refractivity (Wildman–Crippen MR) is 85.4 cm³/mol. The number of rotatable bonds is 8. The molecule has 7 nitrogen and oxygen atoms in total. The molecule has 0 rings (SSSR count). The fourth-order valence-corrected chi connectivity index (χ4v) is 2.27. The van der Waals surface area contributed by atoms with Crippen LogP contribution in [0.2, 0.25) is 0 Å². The summed E-state index contributed by atoms with van der Waals surface area (Å²) in [5.41, 5.74) is 1.77. The molecule has 130 valence electrons. The molecule has 0 saturated heterocycles. The van der Waals surface area contributed by atoms with Crippen molar-refractivity contribution in [2.45, 2.75) is 59.6 Å². The first kappa shape index (κ1) is 20.9. The molecule has 0 aromatic rings. The quantitative estimate of drug-likeness (QED) is 0.524. The van der Waals surface area contributed by atoms with Gasteiger partial charge in [0.2, 0.25) is 0 Å². The van der Waals surface area contributed by atoms with Crippen molar-refractivity contribution < 1.29 is 22.2 Å². The largest absolute Gasteiger partial charge is 0.339 e. The van der Waals surface area contributed by atoms with E-state index in [1.807, 2.05) is 13.8 Å². The first-order valence-corrected chi connectivity index (χ1v) is 8.74. The maximum absolute atomic E-state index is 11.8. The van der Waals surface area contributed by atoms with Crippen molar-refractivity contribution in [1.29, 1.82) is 0 Å². The lowest BCUT2D eigenvalue weighted by Gasteiger charge is -2.21. The van der Waals surface area contributed by atoms with Crippen molar-refractivity contribution in [3.05, 3.63) is 11.5 Å². The maximum Gasteiger partial charge on any atom is 0.339 e. The van der Waals surface area contributed by atoms with Gasteiger partial charge < -0.3 is 5.32 Å². The highest BCUT2D eigenvalue weighted by Crippen LogP contribution is 2.08. The zero-order valence-corrected chi connectivity index (χ0v) is 15.0. The number of hydrogen-bond acceptors (Lipinski definition) is 5. The van der Waals surface area contributed by atoms with E-state index in [1.54, 1.807) is 27.7 Å². The molecule has 0 aliphatic rings.